The minimum atomic E-state index is -4.28. The standard InChI is InChI=1S/C51H98NO7P/c1-6-8-10-12-14-16-18-20-22-24-26-27-29-31-33-35-37-39-41-43-46-56-48-50(49-58-60(54,55)57-47-45-52(3,4)5)59-51(53)44-42-40-38-36-34-32-30-28-25-23-21-19-17-15-13-11-9-7-2/h17,19-20,22-23,25,50H,6-16,18,21,24,26-49H2,1-5H3/p+1/b19-17-,22-20-,25-23-. The quantitative estimate of drug-likeness (QED) is 0.0214. The van der Waals surface area contributed by atoms with Crippen molar-refractivity contribution in [3.63, 3.8) is 0 Å². The second-order valence-corrected chi connectivity index (χ2v) is 19.6. The number of carbonyl (C=O) groups is 1. The molecule has 0 radical (unpaired) electrons. The first-order valence-corrected chi connectivity index (χ1v) is 26.7. The van der Waals surface area contributed by atoms with Gasteiger partial charge in [0, 0.05) is 13.0 Å². The third-order valence-corrected chi connectivity index (χ3v) is 11.9. The van der Waals surface area contributed by atoms with Crippen molar-refractivity contribution in [3.05, 3.63) is 36.5 Å². The lowest BCUT2D eigenvalue weighted by molar-refractivity contribution is -0.870. The average molecular weight is 869 g/mol. The number of phosphoric ester groups is 1. The molecule has 0 heterocycles. The van der Waals surface area contributed by atoms with Crippen LogP contribution < -0.4 is 0 Å². The Kier molecular flexibility index (Phi) is 43.4. The zero-order chi connectivity index (χ0) is 44.1. The molecule has 8 nitrogen and oxygen atoms in total. The van der Waals surface area contributed by atoms with Crippen LogP contribution in [0.4, 0.5) is 0 Å². The number of hydrogen-bond donors (Lipinski definition) is 1. The zero-order valence-electron chi connectivity index (χ0n) is 40.2. The Bertz CT molecular complexity index is 1060. The van der Waals surface area contributed by atoms with Crippen LogP contribution in [0, 0.1) is 0 Å². The summed E-state index contributed by atoms with van der Waals surface area (Å²) in [7, 11) is 1.67. The fourth-order valence-corrected chi connectivity index (χ4v) is 7.73. The highest BCUT2D eigenvalue weighted by Gasteiger charge is 2.26. The van der Waals surface area contributed by atoms with Gasteiger partial charge < -0.3 is 18.9 Å². The van der Waals surface area contributed by atoms with Crippen molar-refractivity contribution in [1.82, 2.24) is 0 Å². The summed E-state index contributed by atoms with van der Waals surface area (Å²) in [5.74, 6) is -0.320. The molecular weight excluding hydrogens is 770 g/mol. The molecule has 0 saturated heterocycles. The van der Waals surface area contributed by atoms with E-state index in [1.807, 2.05) is 21.1 Å². The van der Waals surface area contributed by atoms with Crippen LogP contribution in [0.5, 0.6) is 0 Å². The molecule has 1 N–H and O–H groups in total. The molecule has 0 aliphatic carbocycles. The maximum atomic E-state index is 12.7. The summed E-state index contributed by atoms with van der Waals surface area (Å²) in [6.07, 6.45) is 53.2. The van der Waals surface area contributed by atoms with Crippen molar-refractivity contribution in [3.8, 4) is 0 Å². The molecule has 60 heavy (non-hydrogen) atoms. The van der Waals surface area contributed by atoms with Gasteiger partial charge in [-0.1, -0.05) is 185 Å². The lowest BCUT2D eigenvalue weighted by atomic mass is 10.1. The third kappa shape index (κ3) is 47.8. The summed E-state index contributed by atoms with van der Waals surface area (Å²) in [6, 6.07) is 0. The number of quaternary nitrogens is 1. The fourth-order valence-electron chi connectivity index (χ4n) is 6.99. The average Bonchev–Trinajstić information content (AvgIpc) is 3.20. The molecule has 0 saturated carbocycles. The number of likely N-dealkylation sites (N-methyl/N-ethyl adjacent to an activating group) is 1. The number of phosphoric acid groups is 1. The van der Waals surface area contributed by atoms with Crippen LogP contribution in [0.25, 0.3) is 0 Å². The molecule has 354 valence electrons. The van der Waals surface area contributed by atoms with Crippen molar-refractivity contribution >= 4 is 13.8 Å². The van der Waals surface area contributed by atoms with E-state index in [0.717, 1.165) is 44.9 Å². The molecule has 2 unspecified atom stereocenters. The minimum absolute atomic E-state index is 0.0870. The molecule has 2 atom stereocenters. The van der Waals surface area contributed by atoms with E-state index in [2.05, 4.69) is 50.3 Å². The molecule has 9 heteroatoms. The maximum Gasteiger partial charge on any atom is 0.472 e. The predicted molar refractivity (Wildman–Crippen MR) is 256 cm³/mol. The van der Waals surface area contributed by atoms with Crippen molar-refractivity contribution in [2.75, 3.05) is 54.1 Å². The first kappa shape index (κ1) is 58.7. The predicted octanol–water partition coefficient (Wildman–Crippen LogP) is 15.3. The summed E-state index contributed by atoms with van der Waals surface area (Å²) in [4.78, 5) is 23.0. The number of unbranched alkanes of at least 4 members (excludes halogenated alkanes) is 27. The van der Waals surface area contributed by atoms with E-state index in [9.17, 15) is 14.3 Å². The van der Waals surface area contributed by atoms with Gasteiger partial charge >= 0.3 is 13.8 Å². The molecule has 0 rings (SSSR count). The number of ether oxygens (including phenoxy) is 2. The number of allylic oxidation sites excluding steroid dienone is 6. The van der Waals surface area contributed by atoms with E-state index in [-0.39, 0.29) is 25.8 Å². The normalized spacial score (nSPS) is 13.9. The van der Waals surface area contributed by atoms with Gasteiger partial charge in [-0.2, -0.15) is 0 Å². The van der Waals surface area contributed by atoms with Gasteiger partial charge in [-0.05, 0) is 70.6 Å². The Balaban J connectivity index is 4.16. The van der Waals surface area contributed by atoms with E-state index < -0.39 is 13.9 Å². The number of rotatable bonds is 47. The molecule has 0 bridgehead atoms. The molecule has 0 aliphatic heterocycles. The van der Waals surface area contributed by atoms with E-state index >= 15 is 0 Å². The number of hydrogen-bond acceptors (Lipinski definition) is 6. The molecular formula is C51H99NO7P+. The third-order valence-electron chi connectivity index (χ3n) is 10.9. The second-order valence-electron chi connectivity index (χ2n) is 18.2. The Morgan fingerprint density at radius 2 is 0.917 bits per heavy atom. The van der Waals surface area contributed by atoms with Gasteiger partial charge in [0.1, 0.15) is 19.3 Å². The van der Waals surface area contributed by atoms with Crippen molar-refractivity contribution in [1.29, 1.82) is 0 Å². The summed E-state index contributed by atoms with van der Waals surface area (Å²) in [5.41, 5.74) is 0. The Morgan fingerprint density at radius 1 is 0.517 bits per heavy atom. The number of esters is 1. The van der Waals surface area contributed by atoms with E-state index in [1.165, 1.54) is 161 Å². The molecule has 0 aliphatic rings. The molecule has 0 spiro atoms. The minimum Gasteiger partial charge on any atom is -0.457 e. The summed E-state index contributed by atoms with van der Waals surface area (Å²) in [5, 5.41) is 0. The topological polar surface area (TPSA) is 91.3 Å². The van der Waals surface area contributed by atoms with Crippen LogP contribution >= 0.6 is 7.82 Å². The fraction of sp³-hybridized carbons (Fsp3) is 0.863. The monoisotopic (exact) mass is 869 g/mol. The van der Waals surface area contributed by atoms with E-state index in [4.69, 9.17) is 18.5 Å². The van der Waals surface area contributed by atoms with Crippen LogP contribution in [0.1, 0.15) is 226 Å². The second kappa shape index (κ2) is 44.3. The van der Waals surface area contributed by atoms with Crippen LogP contribution in [0.3, 0.4) is 0 Å². The maximum absolute atomic E-state index is 12.7. The molecule has 0 aromatic heterocycles. The summed E-state index contributed by atoms with van der Waals surface area (Å²) >= 11 is 0. The van der Waals surface area contributed by atoms with Crippen molar-refractivity contribution in [2.24, 2.45) is 0 Å². The first-order chi connectivity index (χ1) is 29.1. The van der Waals surface area contributed by atoms with Gasteiger partial charge in [0.2, 0.25) is 0 Å². The van der Waals surface area contributed by atoms with Gasteiger partial charge in [0.15, 0.2) is 0 Å². The van der Waals surface area contributed by atoms with Gasteiger partial charge in [-0.15, -0.1) is 0 Å². The highest BCUT2D eigenvalue weighted by molar-refractivity contribution is 7.47. The van der Waals surface area contributed by atoms with Crippen LogP contribution in [-0.4, -0.2) is 75.6 Å². The molecule has 0 fully saturated rings. The lowest BCUT2D eigenvalue weighted by Crippen LogP contribution is -2.37. The lowest BCUT2D eigenvalue weighted by Gasteiger charge is -2.24. The van der Waals surface area contributed by atoms with Gasteiger partial charge in [-0.3, -0.25) is 13.8 Å². The van der Waals surface area contributed by atoms with Crippen LogP contribution in [-0.2, 0) is 27.9 Å². The van der Waals surface area contributed by atoms with Crippen LogP contribution in [0.2, 0.25) is 0 Å². The molecule has 0 aromatic carbocycles. The molecule has 0 amide bonds. The first-order valence-electron chi connectivity index (χ1n) is 25.2. The van der Waals surface area contributed by atoms with Crippen molar-refractivity contribution in [2.45, 2.75) is 232 Å². The summed E-state index contributed by atoms with van der Waals surface area (Å²) in [6.45, 7) is 5.62. The Labute approximate surface area is 372 Å². The largest absolute Gasteiger partial charge is 0.472 e. The Hall–Kier alpha value is -1.28. The van der Waals surface area contributed by atoms with Gasteiger partial charge in [0.25, 0.3) is 0 Å². The zero-order valence-corrected chi connectivity index (χ0v) is 41.1. The number of nitrogens with zero attached hydrogens (tertiary/aromatic N) is 1. The van der Waals surface area contributed by atoms with Crippen molar-refractivity contribution < 1.29 is 37.3 Å². The summed E-state index contributed by atoms with van der Waals surface area (Å²) < 4.78 is 35.1. The van der Waals surface area contributed by atoms with Crippen LogP contribution in [0.15, 0.2) is 36.5 Å². The molecule has 0 aromatic rings. The smallest absolute Gasteiger partial charge is 0.457 e. The van der Waals surface area contributed by atoms with Gasteiger partial charge in [0.05, 0.1) is 34.4 Å². The number of carbonyl (C=O) groups excluding carboxylic acids is 1. The Morgan fingerprint density at radius 3 is 1.38 bits per heavy atom. The van der Waals surface area contributed by atoms with E-state index in [1.54, 1.807) is 0 Å². The van der Waals surface area contributed by atoms with Gasteiger partial charge in [-0.25, -0.2) is 4.57 Å². The SMILES string of the molecule is CCCCCC/C=C\C/C=C\CCCCCCCCCC(=O)OC(COCCCCCCCCCCCC/C=C\CCCCCCCC)COP(=O)(O)OCC[N+](C)(C)C. The highest BCUT2D eigenvalue weighted by Crippen LogP contribution is 2.43. The van der Waals surface area contributed by atoms with E-state index in [0.29, 0.717) is 24.1 Å². The highest BCUT2D eigenvalue weighted by atomic mass is 31.2.